The second kappa shape index (κ2) is 8.27. The predicted molar refractivity (Wildman–Crippen MR) is 76.7 cm³/mol. The van der Waals surface area contributed by atoms with Crippen molar-refractivity contribution in [3.05, 3.63) is 18.2 Å². The maximum atomic E-state index is 4.52. The topological polar surface area (TPSA) is 33.1 Å². The molecule has 1 heterocycles. The monoisotopic (exact) mass is 252 g/mol. The van der Waals surface area contributed by atoms with E-state index in [0.29, 0.717) is 6.04 Å². The molecule has 4 nitrogen and oxygen atoms in total. The molecule has 1 aromatic rings. The second-order valence-electron chi connectivity index (χ2n) is 4.50. The molecule has 0 saturated heterocycles. The van der Waals surface area contributed by atoms with Gasteiger partial charge in [0, 0.05) is 25.5 Å². The summed E-state index contributed by atoms with van der Waals surface area (Å²) in [5, 5.41) is 3.55. The van der Waals surface area contributed by atoms with E-state index in [9.17, 15) is 0 Å². The zero-order valence-electron chi connectivity index (χ0n) is 12.3. The van der Waals surface area contributed by atoms with Gasteiger partial charge in [0.1, 0.15) is 5.82 Å². The largest absolute Gasteiger partial charge is 0.334 e. The Kier molecular flexibility index (Phi) is 6.98. The van der Waals surface area contributed by atoms with Crippen LogP contribution in [-0.2, 0) is 6.54 Å². The molecule has 0 aromatic carbocycles. The lowest BCUT2D eigenvalue weighted by molar-refractivity contribution is 0.278. The van der Waals surface area contributed by atoms with Crippen LogP contribution in [0.4, 0.5) is 0 Å². The molecule has 0 aliphatic carbocycles. The van der Waals surface area contributed by atoms with Gasteiger partial charge in [0.05, 0.1) is 6.04 Å². The normalized spacial score (nSPS) is 13.2. The maximum absolute atomic E-state index is 4.52. The Hall–Kier alpha value is -0.870. The van der Waals surface area contributed by atoms with E-state index < -0.39 is 0 Å². The summed E-state index contributed by atoms with van der Waals surface area (Å²) in [5.74, 6) is 1.17. The Labute approximate surface area is 111 Å². The third-order valence-electron chi connectivity index (χ3n) is 3.48. The van der Waals surface area contributed by atoms with Crippen LogP contribution in [0.5, 0.6) is 0 Å². The average Bonchev–Trinajstić information content (AvgIpc) is 2.86. The fourth-order valence-corrected chi connectivity index (χ4v) is 2.32. The van der Waals surface area contributed by atoms with Crippen molar-refractivity contribution in [1.29, 1.82) is 0 Å². The van der Waals surface area contributed by atoms with E-state index in [1.165, 1.54) is 5.82 Å². The first-order valence-corrected chi connectivity index (χ1v) is 7.23. The van der Waals surface area contributed by atoms with Gasteiger partial charge < -0.3 is 14.8 Å². The van der Waals surface area contributed by atoms with Crippen LogP contribution in [0, 0.1) is 0 Å². The van der Waals surface area contributed by atoms with Crippen molar-refractivity contribution in [3.8, 4) is 0 Å². The van der Waals surface area contributed by atoms with Gasteiger partial charge in [-0.1, -0.05) is 20.8 Å². The van der Waals surface area contributed by atoms with E-state index in [4.69, 9.17) is 0 Å². The van der Waals surface area contributed by atoms with Crippen LogP contribution < -0.4 is 5.32 Å². The third kappa shape index (κ3) is 4.10. The SMILES string of the molecule is CCNC(CCN(CC)CC)c1nccn1CC. The molecule has 1 atom stereocenters. The van der Waals surface area contributed by atoms with Crippen LogP contribution in [0.3, 0.4) is 0 Å². The smallest absolute Gasteiger partial charge is 0.125 e. The van der Waals surface area contributed by atoms with Crippen LogP contribution in [0.2, 0.25) is 0 Å². The molecule has 0 bridgehead atoms. The molecular formula is C14H28N4. The molecule has 1 N–H and O–H groups in total. The molecule has 1 rings (SSSR count). The van der Waals surface area contributed by atoms with Crippen molar-refractivity contribution < 1.29 is 0 Å². The molecule has 18 heavy (non-hydrogen) atoms. The van der Waals surface area contributed by atoms with Crippen LogP contribution >= 0.6 is 0 Å². The van der Waals surface area contributed by atoms with E-state index in [1.807, 2.05) is 6.20 Å². The van der Waals surface area contributed by atoms with E-state index in [1.54, 1.807) is 0 Å². The van der Waals surface area contributed by atoms with Gasteiger partial charge in [0.2, 0.25) is 0 Å². The summed E-state index contributed by atoms with van der Waals surface area (Å²) < 4.78 is 2.23. The first-order chi connectivity index (χ1) is 8.76. The minimum absolute atomic E-state index is 0.366. The van der Waals surface area contributed by atoms with Gasteiger partial charge in [0.15, 0.2) is 0 Å². The van der Waals surface area contributed by atoms with Crippen molar-refractivity contribution in [1.82, 2.24) is 19.8 Å². The fraction of sp³-hybridized carbons (Fsp3) is 0.786. The molecule has 1 aromatic heterocycles. The molecule has 0 fully saturated rings. The Morgan fingerprint density at radius 2 is 2.00 bits per heavy atom. The van der Waals surface area contributed by atoms with Gasteiger partial charge in [-0.15, -0.1) is 0 Å². The first-order valence-electron chi connectivity index (χ1n) is 7.23. The van der Waals surface area contributed by atoms with Crippen LogP contribution in [0.1, 0.15) is 46.0 Å². The maximum Gasteiger partial charge on any atom is 0.125 e. The number of hydrogen-bond donors (Lipinski definition) is 1. The molecule has 0 saturated carbocycles. The third-order valence-corrected chi connectivity index (χ3v) is 3.48. The van der Waals surface area contributed by atoms with E-state index >= 15 is 0 Å². The van der Waals surface area contributed by atoms with Crippen LogP contribution in [0.15, 0.2) is 12.4 Å². The Morgan fingerprint density at radius 1 is 1.28 bits per heavy atom. The van der Waals surface area contributed by atoms with Gasteiger partial charge in [0.25, 0.3) is 0 Å². The van der Waals surface area contributed by atoms with Crippen molar-refractivity contribution in [2.24, 2.45) is 0 Å². The van der Waals surface area contributed by atoms with Crippen molar-refractivity contribution >= 4 is 0 Å². The van der Waals surface area contributed by atoms with Crippen molar-refractivity contribution in [2.75, 3.05) is 26.2 Å². The van der Waals surface area contributed by atoms with Gasteiger partial charge in [-0.2, -0.15) is 0 Å². The number of aromatic nitrogens is 2. The summed E-state index contributed by atoms with van der Waals surface area (Å²) in [6, 6.07) is 0.366. The lowest BCUT2D eigenvalue weighted by Crippen LogP contribution is -2.30. The number of hydrogen-bond acceptors (Lipinski definition) is 3. The molecule has 0 radical (unpaired) electrons. The number of aryl methyl sites for hydroxylation is 1. The summed E-state index contributed by atoms with van der Waals surface area (Å²) in [5.41, 5.74) is 0. The highest BCUT2D eigenvalue weighted by Gasteiger charge is 2.16. The fourth-order valence-electron chi connectivity index (χ4n) is 2.32. The molecule has 0 amide bonds. The molecule has 0 spiro atoms. The summed E-state index contributed by atoms with van der Waals surface area (Å²) in [4.78, 5) is 6.98. The standard InChI is InChI=1S/C14H28N4/c1-5-15-13(9-11-17(6-2)7-3)14-16-10-12-18(14)8-4/h10,12-13,15H,5-9,11H2,1-4H3. The Balaban J connectivity index is 2.64. The van der Waals surface area contributed by atoms with Crippen molar-refractivity contribution in [3.63, 3.8) is 0 Å². The van der Waals surface area contributed by atoms with Gasteiger partial charge >= 0.3 is 0 Å². The average molecular weight is 252 g/mol. The lowest BCUT2D eigenvalue weighted by Gasteiger charge is -2.23. The quantitative estimate of drug-likeness (QED) is 0.732. The zero-order chi connectivity index (χ0) is 13.4. The van der Waals surface area contributed by atoms with Crippen LogP contribution in [-0.4, -0.2) is 40.6 Å². The van der Waals surface area contributed by atoms with Gasteiger partial charge in [-0.3, -0.25) is 0 Å². The summed E-state index contributed by atoms with van der Waals surface area (Å²) in [6.45, 7) is 14.1. The molecular weight excluding hydrogens is 224 g/mol. The van der Waals surface area contributed by atoms with E-state index in [-0.39, 0.29) is 0 Å². The lowest BCUT2D eigenvalue weighted by atomic mass is 10.1. The molecule has 0 aliphatic rings. The van der Waals surface area contributed by atoms with Gasteiger partial charge in [-0.05, 0) is 33.0 Å². The first kappa shape index (κ1) is 15.2. The van der Waals surface area contributed by atoms with E-state index in [0.717, 1.165) is 39.1 Å². The Bertz CT molecular complexity index is 317. The number of rotatable bonds is 9. The zero-order valence-corrected chi connectivity index (χ0v) is 12.3. The predicted octanol–water partition coefficient (Wildman–Crippen LogP) is 2.29. The molecule has 4 heteroatoms. The highest BCUT2D eigenvalue weighted by Crippen LogP contribution is 2.15. The summed E-state index contributed by atoms with van der Waals surface area (Å²) in [6.07, 6.45) is 5.09. The van der Waals surface area contributed by atoms with Crippen molar-refractivity contribution in [2.45, 2.75) is 46.7 Å². The number of imidazole rings is 1. The second-order valence-corrected chi connectivity index (χ2v) is 4.50. The Morgan fingerprint density at radius 3 is 2.56 bits per heavy atom. The highest BCUT2D eigenvalue weighted by molar-refractivity contribution is 4.99. The van der Waals surface area contributed by atoms with Crippen LogP contribution in [0.25, 0.3) is 0 Å². The minimum Gasteiger partial charge on any atom is -0.334 e. The minimum atomic E-state index is 0.366. The van der Waals surface area contributed by atoms with Gasteiger partial charge in [-0.25, -0.2) is 4.98 Å². The molecule has 1 unspecified atom stereocenters. The summed E-state index contributed by atoms with van der Waals surface area (Å²) >= 11 is 0. The molecule has 0 aliphatic heterocycles. The summed E-state index contributed by atoms with van der Waals surface area (Å²) in [7, 11) is 0. The number of nitrogens with zero attached hydrogens (tertiary/aromatic N) is 3. The molecule has 104 valence electrons. The number of nitrogens with one attached hydrogen (secondary N) is 1. The highest BCUT2D eigenvalue weighted by atomic mass is 15.1. The van der Waals surface area contributed by atoms with E-state index in [2.05, 4.69) is 53.7 Å².